The monoisotopic (exact) mass is 381 g/mol. The lowest BCUT2D eigenvalue weighted by molar-refractivity contribution is 0.373. The molecule has 0 spiro atoms. The topological polar surface area (TPSA) is 76.1 Å². The molecule has 0 aromatic carbocycles. The van der Waals surface area contributed by atoms with E-state index in [1.807, 2.05) is 31.5 Å². The summed E-state index contributed by atoms with van der Waals surface area (Å²) in [5.74, 6) is 3.73. The minimum Gasteiger partial charge on any atom is -0.356 e. The Balaban J connectivity index is 1.46. The van der Waals surface area contributed by atoms with Crippen LogP contribution in [0.2, 0.25) is 0 Å². The average molecular weight is 381 g/mol. The largest absolute Gasteiger partial charge is 0.356 e. The third kappa shape index (κ3) is 4.06. The number of hydrogen-bond acceptors (Lipinski definition) is 7. The fourth-order valence-electron chi connectivity index (χ4n) is 3.69. The van der Waals surface area contributed by atoms with Gasteiger partial charge >= 0.3 is 0 Å². The number of aromatic nitrogens is 5. The van der Waals surface area contributed by atoms with Crippen LogP contribution in [0.3, 0.4) is 0 Å². The van der Waals surface area contributed by atoms with Gasteiger partial charge in [0, 0.05) is 50.7 Å². The Kier molecular flexibility index (Phi) is 5.38. The van der Waals surface area contributed by atoms with E-state index in [1.54, 1.807) is 0 Å². The van der Waals surface area contributed by atoms with E-state index >= 15 is 0 Å². The Morgan fingerprint density at radius 1 is 1.25 bits per heavy atom. The third-order valence-corrected chi connectivity index (χ3v) is 5.17. The van der Waals surface area contributed by atoms with Crippen molar-refractivity contribution < 1.29 is 4.52 Å². The summed E-state index contributed by atoms with van der Waals surface area (Å²) in [5.41, 5.74) is 0.845. The van der Waals surface area contributed by atoms with E-state index < -0.39 is 0 Å². The highest BCUT2D eigenvalue weighted by Gasteiger charge is 2.25. The minimum atomic E-state index is 0.422. The summed E-state index contributed by atoms with van der Waals surface area (Å²) >= 11 is 0. The molecule has 1 aliphatic heterocycles. The maximum Gasteiger partial charge on any atom is 0.259 e. The van der Waals surface area contributed by atoms with Crippen LogP contribution >= 0.6 is 0 Å². The first kappa shape index (κ1) is 18.6. The number of piperidine rings is 1. The third-order valence-electron chi connectivity index (χ3n) is 5.17. The van der Waals surface area contributed by atoms with Gasteiger partial charge in [-0.05, 0) is 46.0 Å². The average Bonchev–Trinajstić information content (AvgIpc) is 3.35. The zero-order valence-corrected chi connectivity index (χ0v) is 16.7. The van der Waals surface area contributed by atoms with Gasteiger partial charge in [0.1, 0.15) is 11.6 Å². The molecule has 1 fully saturated rings. The fraction of sp³-hybridized carbons (Fsp3) is 0.500. The molecule has 0 bridgehead atoms. The van der Waals surface area contributed by atoms with Gasteiger partial charge in [-0.25, -0.2) is 9.97 Å². The molecule has 28 heavy (non-hydrogen) atoms. The molecule has 148 valence electrons. The van der Waals surface area contributed by atoms with E-state index in [2.05, 4.69) is 54.8 Å². The van der Waals surface area contributed by atoms with Gasteiger partial charge < -0.3 is 18.9 Å². The van der Waals surface area contributed by atoms with Crippen LogP contribution in [0, 0.1) is 6.92 Å². The van der Waals surface area contributed by atoms with Crippen LogP contribution in [0.15, 0.2) is 35.2 Å². The maximum atomic E-state index is 5.23. The number of imidazole rings is 1. The Morgan fingerprint density at radius 3 is 2.86 bits per heavy atom. The lowest BCUT2D eigenvalue weighted by Crippen LogP contribution is -2.36. The van der Waals surface area contributed by atoms with Gasteiger partial charge in [0.2, 0.25) is 0 Å². The number of nitrogens with zero attached hydrogens (tertiary/aromatic N) is 7. The molecule has 0 saturated carbocycles. The molecule has 1 unspecified atom stereocenters. The second kappa shape index (κ2) is 8.10. The lowest BCUT2D eigenvalue weighted by Gasteiger charge is -2.33. The van der Waals surface area contributed by atoms with Gasteiger partial charge in [0.15, 0.2) is 5.82 Å². The predicted molar refractivity (Wildman–Crippen MR) is 107 cm³/mol. The van der Waals surface area contributed by atoms with Gasteiger partial charge in [0.25, 0.3) is 5.89 Å². The molecule has 0 amide bonds. The Bertz CT molecular complexity index is 899. The molecule has 8 heteroatoms. The van der Waals surface area contributed by atoms with Crippen molar-refractivity contribution in [1.29, 1.82) is 0 Å². The van der Waals surface area contributed by atoms with Crippen molar-refractivity contribution in [3.05, 3.63) is 42.4 Å². The first-order valence-corrected chi connectivity index (χ1v) is 9.77. The molecular formula is C20H27N7O. The van der Waals surface area contributed by atoms with Gasteiger partial charge in [-0.1, -0.05) is 5.16 Å². The molecule has 0 N–H and O–H groups in total. The molecular weight excluding hydrogens is 354 g/mol. The van der Waals surface area contributed by atoms with Crippen molar-refractivity contribution >= 4 is 5.82 Å². The van der Waals surface area contributed by atoms with Gasteiger partial charge in [-0.3, -0.25) is 0 Å². The van der Waals surface area contributed by atoms with E-state index in [4.69, 9.17) is 4.52 Å². The highest BCUT2D eigenvalue weighted by molar-refractivity contribution is 5.54. The van der Waals surface area contributed by atoms with Crippen LogP contribution in [0.5, 0.6) is 0 Å². The van der Waals surface area contributed by atoms with Crippen molar-refractivity contribution in [1.82, 2.24) is 29.6 Å². The maximum absolute atomic E-state index is 5.23. The molecule has 0 radical (unpaired) electrons. The number of rotatable bonds is 6. The second-order valence-electron chi connectivity index (χ2n) is 7.62. The summed E-state index contributed by atoms with van der Waals surface area (Å²) in [7, 11) is 4.20. The smallest absolute Gasteiger partial charge is 0.259 e. The van der Waals surface area contributed by atoms with Crippen LogP contribution in [0.4, 0.5) is 5.82 Å². The Morgan fingerprint density at radius 2 is 2.14 bits per heavy atom. The normalized spacial score (nSPS) is 17.4. The number of hydrogen-bond donors (Lipinski definition) is 0. The zero-order valence-electron chi connectivity index (χ0n) is 16.7. The minimum absolute atomic E-state index is 0.422. The molecule has 1 saturated heterocycles. The number of aryl methyl sites for hydroxylation is 1. The molecule has 8 nitrogen and oxygen atoms in total. The molecule has 1 atom stereocenters. The van der Waals surface area contributed by atoms with E-state index in [0.29, 0.717) is 17.6 Å². The quantitative estimate of drug-likeness (QED) is 0.649. The highest BCUT2D eigenvalue weighted by atomic mass is 16.5. The van der Waals surface area contributed by atoms with Crippen molar-refractivity contribution in [2.24, 2.45) is 0 Å². The summed E-state index contributed by atoms with van der Waals surface area (Å²) in [6.45, 7) is 5.74. The number of anilines is 1. The standard InChI is InChI=1S/C20H27N7O/c1-15-23-20(28-24-15)16-6-7-18(22-13-16)27-9-4-5-17(14-27)19-21-8-10-26(19)12-11-25(2)3/h6-8,10,13,17H,4-5,9,11-12,14H2,1-3H3. The summed E-state index contributed by atoms with van der Waals surface area (Å²) in [6, 6.07) is 4.03. The van der Waals surface area contributed by atoms with Crippen LogP contribution in [0.1, 0.15) is 30.4 Å². The van der Waals surface area contributed by atoms with Gasteiger partial charge in [-0.2, -0.15) is 4.98 Å². The van der Waals surface area contributed by atoms with Crippen LogP contribution < -0.4 is 4.90 Å². The van der Waals surface area contributed by atoms with Gasteiger partial charge in [0.05, 0.1) is 5.56 Å². The van der Waals surface area contributed by atoms with Gasteiger partial charge in [-0.15, -0.1) is 0 Å². The van der Waals surface area contributed by atoms with E-state index in [0.717, 1.165) is 50.4 Å². The highest BCUT2D eigenvalue weighted by Crippen LogP contribution is 2.29. The lowest BCUT2D eigenvalue weighted by atomic mass is 9.97. The van der Waals surface area contributed by atoms with Crippen molar-refractivity contribution in [2.75, 3.05) is 38.6 Å². The van der Waals surface area contributed by atoms with Crippen molar-refractivity contribution in [2.45, 2.75) is 32.2 Å². The summed E-state index contributed by atoms with van der Waals surface area (Å²) in [6.07, 6.45) is 8.12. The number of pyridine rings is 1. The molecule has 3 aromatic rings. The summed E-state index contributed by atoms with van der Waals surface area (Å²) in [4.78, 5) is 18.1. The van der Waals surface area contributed by atoms with Crippen LogP contribution in [-0.2, 0) is 6.54 Å². The molecule has 0 aliphatic carbocycles. The fourth-order valence-corrected chi connectivity index (χ4v) is 3.69. The van der Waals surface area contributed by atoms with Crippen LogP contribution in [-0.4, -0.2) is 63.3 Å². The summed E-state index contributed by atoms with van der Waals surface area (Å²) in [5, 5.41) is 3.84. The predicted octanol–water partition coefficient (Wildman–Crippen LogP) is 2.58. The zero-order chi connectivity index (χ0) is 19.5. The molecule has 4 rings (SSSR count). The summed E-state index contributed by atoms with van der Waals surface area (Å²) < 4.78 is 7.52. The molecule has 3 aromatic heterocycles. The first-order chi connectivity index (χ1) is 13.6. The van der Waals surface area contributed by atoms with Crippen molar-refractivity contribution in [3.63, 3.8) is 0 Å². The molecule has 4 heterocycles. The van der Waals surface area contributed by atoms with E-state index in [1.165, 1.54) is 5.82 Å². The van der Waals surface area contributed by atoms with E-state index in [-0.39, 0.29) is 0 Å². The Labute approximate surface area is 165 Å². The van der Waals surface area contributed by atoms with Crippen molar-refractivity contribution in [3.8, 4) is 11.5 Å². The van der Waals surface area contributed by atoms with Crippen LogP contribution in [0.25, 0.3) is 11.5 Å². The second-order valence-corrected chi connectivity index (χ2v) is 7.62. The number of likely N-dealkylation sites (N-methyl/N-ethyl adjacent to an activating group) is 1. The first-order valence-electron chi connectivity index (χ1n) is 9.77. The molecule has 1 aliphatic rings. The van der Waals surface area contributed by atoms with E-state index in [9.17, 15) is 0 Å². The SMILES string of the molecule is Cc1noc(-c2ccc(N3CCCC(c4nccn4CCN(C)C)C3)nc2)n1. The Hall–Kier alpha value is -2.74.